The van der Waals surface area contributed by atoms with Gasteiger partial charge in [0.1, 0.15) is 11.4 Å². The molecule has 1 amide bonds. The molecule has 0 atom stereocenters. The third-order valence-corrected chi connectivity index (χ3v) is 6.27. The number of halogens is 1. The highest BCUT2D eigenvalue weighted by Gasteiger charge is 2.26. The van der Waals surface area contributed by atoms with Crippen LogP contribution < -0.4 is 4.74 Å². The van der Waals surface area contributed by atoms with E-state index in [2.05, 4.69) is 4.98 Å². The molecule has 0 aliphatic carbocycles. The molecule has 2 aromatic heterocycles. The minimum absolute atomic E-state index is 0.00939. The molecule has 0 fully saturated rings. The number of pyridine rings is 1. The number of carbonyl (C=O) groups excluding carboxylic acids is 1. The van der Waals surface area contributed by atoms with Crippen LogP contribution in [0.4, 0.5) is 9.18 Å². The Morgan fingerprint density at radius 2 is 1.91 bits per heavy atom. The summed E-state index contributed by atoms with van der Waals surface area (Å²) >= 11 is 0. The van der Waals surface area contributed by atoms with E-state index in [9.17, 15) is 17.6 Å². The number of amides is 1. The van der Waals surface area contributed by atoms with Gasteiger partial charge in [0.15, 0.2) is 0 Å². The van der Waals surface area contributed by atoms with Gasteiger partial charge in [0.05, 0.1) is 29.8 Å². The predicted octanol–water partition coefficient (Wildman–Crippen LogP) is 4.30. The van der Waals surface area contributed by atoms with Crippen LogP contribution in [0.5, 0.6) is 5.75 Å². The van der Waals surface area contributed by atoms with E-state index in [1.807, 2.05) is 0 Å². The number of nitrogens with zero attached hydrogens (tertiary/aromatic N) is 3. The number of aromatic nitrogens is 2. The van der Waals surface area contributed by atoms with Gasteiger partial charge in [-0.05, 0) is 56.7 Å². The van der Waals surface area contributed by atoms with Crippen LogP contribution in [0.15, 0.2) is 59.8 Å². The van der Waals surface area contributed by atoms with Gasteiger partial charge in [-0.25, -0.2) is 22.2 Å². The van der Waals surface area contributed by atoms with Crippen LogP contribution in [0.2, 0.25) is 0 Å². The SMILES string of the molecule is COc1cccc(S(=O)(=O)n2cc(CN(C)C(=O)OC(C)(C)C)cc2-c2cccnc2F)c1. The van der Waals surface area contributed by atoms with Crippen molar-refractivity contribution < 1.29 is 27.1 Å². The van der Waals surface area contributed by atoms with Gasteiger partial charge >= 0.3 is 6.09 Å². The van der Waals surface area contributed by atoms with Gasteiger partial charge in [-0.3, -0.25) is 0 Å². The van der Waals surface area contributed by atoms with Crippen molar-refractivity contribution >= 4 is 16.1 Å². The molecule has 10 heteroatoms. The first-order valence-electron chi connectivity index (χ1n) is 10.1. The van der Waals surface area contributed by atoms with Crippen molar-refractivity contribution in [3.05, 3.63) is 66.4 Å². The molecule has 176 valence electrons. The molecule has 8 nitrogen and oxygen atoms in total. The Morgan fingerprint density at radius 1 is 1.18 bits per heavy atom. The number of hydrogen-bond acceptors (Lipinski definition) is 6. The van der Waals surface area contributed by atoms with Gasteiger partial charge < -0.3 is 14.4 Å². The second-order valence-electron chi connectivity index (χ2n) is 8.39. The normalized spacial score (nSPS) is 11.8. The van der Waals surface area contributed by atoms with E-state index < -0.39 is 27.7 Å². The first kappa shape index (κ1) is 24.2. The van der Waals surface area contributed by atoms with E-state index in [0.717, 1.165) is 3.97 Å². The molecule has 0 bridgehead atoms. The summed E-state index contributed by atoms with van der Waals surface area (Å²) in [6.07, 6.45) is 2.07. The topological polar surface area (TPSA) is 90.7 Å². The lowest BCUT2D eigenvalue weighted by Crippen LogP contribution is -2.33. The van der Waals surface area contributed by atoms with Gasteiger partial charge in [-0.2, -0.15) is 4.39 Å². The molecule has 0 aliphatic heterocycles. The quantitative estimate of drug-likeness (QED) is 0.494. The lowest BCUT2D eigenvalue weighted by molar-refractivity contribution is 0.0285. The number of hydrogen-bond donors (Lipinski definition) is 0. The summed E-state index contributed by atoms with van der Waals surface area (Å²) in [4.78, 5) is 17.3. The van der Waals surface area contributed by atoms with Crippen LogP contribution in [0.1, 0.15) is 26.3 Å². The molecule has 0 saturated carbocycles. The maximum Gasteiger partial charge on any atom is 0.410 e. The molecule has 3 rings (SSSR count). The molecule has 0 saturated heterocycles. The fraction of sp³-hybridized carbons (Fsp3) is 0.304. The van der Waals surface area contributed by atoms with Gasteiger partial charge in [0, 0.05) is 25.5 Å². The monoisotopic (exact) mass is 475 g/mol. The third-order valence-electron chi connectivity index (χ3n) is 4.60. The van der Waals surface area contributed by atoms with Crippen LogP contribution in [-0.2, 0) is 21.3 Å². The van der Waals surface area contributed by atoms with Gasteiger partial charge in [-0.1, -0.05) is 6.07 Å². The second-order valence-corrected chi connectivity index (χ2v) is 10.2. The zero-order chi connectivity index (χ0) is 24.4. The van der Waals surface area contributed by atoms with E-state index in [4.69, 9.17) is 9.47 Å². The highest BCUT2D eigenvalue weighted by Crippen LogP contribution is 2.30. The van der Waals surface area contributed by atoms with Crippen molar-refractivity contribution in [2.45, 2.75) is 37.8 Å². The summed E-state index contributed by atoms with van der Waals surface area (Å²) < 4.78 is 53.0. The molecule has 1 aromatic carbocycles. The van der Waals surface area contributed by atoms with E-state index in [0.29, 0.717) is 11.3 Å². The summed E-state index contributed by atoms with van der Waals surface area (Å²) in [5, 5.41) is 0. The molecular weight excluding hydrogens is 449 g/mol. The van der Waals surface area contributed by atoms with Crippen molar-refractivity contribution in [1.29, 1.82) is 0 Å². The third kappa shape index (κ3) is 5.51. The first-order valence-corrected chi connectivity index (χ1v) is 11.5. The Bertz CT molecular complexity index is 1270. The zero-order valence-electron chi connectivity index (χ0n) is 19.1. The van der Waals surface area contributed by atoms with Crippen molar-refractivity contribution in [3.63, 3.8) is 0 Å². The molecule has 0 spiro atoms. The van der Waals surface area contributed by atoms with Crippen molar-refractivity contribution in [3.8, 4) is 17.0 Å². The van der Waals surface area contributed by atoms with Crippen molar-refractivity contribution in [2.75, 3.05) is 14.2 Å². The molecule has 2 heterocycles. The smallest absolute Gasteiger partial charge is 0.410 e. The number of ether oxygens (including phenoxy) is 2. The lowest BCUT2D eigenvalue weighted by Gasteiger charge is -2.24. The average Bonchev–Trinajstić information content (AvgIpc) is 3.17. The fourth-order valence-electron chi connectivity index (χ4n) is 3.11. The Hall–Kier alpha value is -3.40. The predicted molar refractivity (Wildman–Crippen MR) is 121 cm³/mol. The number of rotatable bonds is 6. The molecule has 0 aliphatic rings. The first-order chi connectivity index (χ1) is 15.4. The van der Waals surface area contributed by atoms with Gasteiger partial charge in [-0.15, -0.1) is 0 Å². The summed E-state index contributed by atoms with van der Waals surface area (Å²) in [6.45, 7) is 5.29. The minimum atomic E-state index is -4.12. The van der Waals surface area contributed by atoms with Crippen LogP contribution in [0, 0.1) is 5.95 Å². The molecular formula is C23H26FN3O5S. The van der Waals surface area contributed by atoms with E-state index >= 15 is 0 Å². The number of carbonyl (C=O) groups is 1. The second kappa shape index (κ2) is 9.22. The summed E-state index contributed by atoms with van der Waals surface area (Å²) in [7, 11) is -1.16. The number of benzene rings is 1. The van der Waals surface area contributed by atoms with Crippen LogP contribution in [0.25, 0.3) is 11.3 Å². The van der Waals surface area contributed by atoms with Gasteiger partial charge in [0.2, 0.25) is 5.95 Å². The molecule has 3 aromatic rings. The Balaban J connectivity index is 2.08. The van der Waals surface area contributed by atoms with E-state index in [-0.39, 0.29) is 22.7 Å². The minimum Gasteiger partial charge on any atom is -0.497 e. The molecule has 33 heavy (non-hydrogen) atoms. The Morgan fingerprint density at radius 3 is 2.55 bits per heavy atom. The zero-order valence-corrected chi connectivity index (χ0v) is 19.9. The average molecular weight is 476 g/mol. The summed E-state index contributed by atoms with van der Waals surface area (Å²) in [6, 6.07) is 10.4. The Labute approximate surface area is 192 Å². The van der Waals surface area contributed by atoms with Crippen LogP contribution in [0.3, 0.4) is 0 Å². The Kier molecular flexibility index (Phi) is 6.78. The summed E-state index contributed by atoms with van der Waals surface area (Å²) in [5.74, 6) is -0.452. The molecule has 0 radical (unpaired) electrons. The largest absolute Gasteiger partial charge is 0.497 e. The highest BCUT2D eigenvalue weighted by molar-refractivity contribution is 7.90. The van der Waals surface area contributed by atoms with E-state index in [1.165, 1.54) is 61.8 Å². The van der Waals surface area contributed by atoms with Crippen LogP contribution in [-0.4, -0.2) is 48.1 Å². The van der Waals surface area contributed by atoms with Gasteiger partial charge in [0.25, 0.3) is 10.0 Å². The van der Waals surface area contributed by atoms with Crippen molar-refractivity contribution in [1.82, 2.24) is 13.9 Å². The lowest BCUT2D eigenvalue weighted by atomic mass is 10.2. The molecule has 0 N–H and O–H groups in total. The van der Waals surface area contributed by atoms with E-state index in [1.54, 1.807) is 32.9 Å². The van der Waals surface area contributed by atoms with Crippen LogP contribution >= 0.6 is 0 Å². The number of methoxy groups -OCH3 is 1. The maximum atomic E-state index is 14.5. The maximum absolute atomic E-state index is 14.5. The highest BCUT2D eigenvalue weighted by atomic mass is 32.2. The van der Waals surface area contributed by atoms with Crippen molar-refractivity contribution in [2.24, 2.45) is 0 Å². The molecule has 0 unspecified atom stereocenters. The fourth-order valence-corrected chi connectivity index (χ4v) is 4.54. The summed E-state index contributed by atoms with van der Waals surface area (Å²) in [5.41, 5.74) is -0.129. The standard InChI is InChI=1S/C23H26FN3O5S/c1-23(2,3)32-22(28)26(4)14-16-12-20(19-10-7-11-25-21(19)24)27(15-16)33(29,30)18-9-6-8-17(13-18)31-5/h6-13,15H,14H2,1-5H3.